The summed E-state index contributed by atoms with van der Waals surface area (Å²) in [5.41, 5.74) is 5.55. The average molecular weight is 429 g/mol. The number of rotatable bonds is 2. The number of halogens is 2. The highest BCUT2D eigenvalue weighted by molar-refractivity contribution is 5.81. The van der Waals surface area contributed by atoms with Gasteiger partial charge >= 0.3 is 12.3 Å². The van der Waals surface area contributed by atoms with Crippen LogP contribution in [0.4, 0.5) is 8.78 Å². The van der Waals surface area contributed by atoms with Crippen LogP contribution in [0.2, 0.25) is 0 Å². The first-order valence-corrected chi connectivity index (χ1v) is 8.99. The molecule has 0 unspecified atom stereocenters. The molecule has 6 nitrogen and oxygen atoms in total. The molecule has 31 heavy (non-hydrogen) atoms. The van der Waals surface area contributed by atoms with Crippen LogP contribution in [-0.2, 0) is 37.1 Å². The Balaban J connectivity index is 0.000000252. The zero-order valence-corrected chi connectivity index (χ0v) is 17.3. The van der Waals surface area contributed by atoms with E-state index < -0.39 is 0 Å². The summed E-state index contributed by atoms with van der Waals surface area (Å²) in [6, 6.07) is 11.8. The first-order chi connectivity index (χ1) is 14.8. The van der Waals surface area contributed by atoms with Crippen molar-refractivity contribution >= 4 is 29.3 Å². The van der Waals surface area contributed by atoms with E-state index in [1.54, 1.807) is 19.2 Å². The fourth-order valence-electron chi connectivity index (χ4n) is 3.15. The highest BCUT2D eigenvalue weighted by atomic mass is 19.1. The number of allylic oxidation sites excluding steroid dienone is 1. The van der Waals surface area contributed by atoms with E-state index in [9.17, 15) is 8.78 Å². The molecule has 0 N–H and O–H groups in total. The van der Waals surface area contributed by atoms with Crippen LogP contribution in [0.3, 0.4) is 0 Å². The van der Waals surface area contributed by atoms with Gasteiger partial charge in [0.25, 0.3) is 0 Å². The predicted octanol–water partition coefficient (Wildman–Crippen LogP) is 4.31. The first-order valence-electron chi connectivity index (χ1n) is 8.99. The third-order valence-corrected chi connectivity index (χ3v) is 4.31. The van der Waals surface area contributed by atoms with Crippen molar-refractivity contribution in [1.82, 2.24) is 4.57 Å². The zero-order chi connectivity index (χ0) is 23.4. The molecular formula is C23H21F2NO5. The lowest BCUT2D eigenvalue weighted by Gasteiger charge is -2.05. The van der Waals surface area contributed by atoms with Crippen LogP contribution in [0.25, 0.3) is 17.0 Å². The van der Waals surface area contributed by atoms with Gasteiger partial charge in [-0.2, -0.15) is 19.2 Å². The molecule has 0 spiro atoms. The van der Waals surface area contributed by atoms with Crippen molar-refractivity contribution < 1.29 is 32.7 Å². The van der Waals surface area contributed by atoms with E-state index in [1.165, 1.54) is 29.3 Å². The fourth-order valence-corrected chi connectivity index (χ4v) is 3.15. The molecule has 0 radical (unpaired) electrons. The zero-order valence-electron chi connectivity index (χ0n) is 17.3. The molecule has 8 heteroatoms. The van der Waals surface area contributed by atoms with Crippen molar-refractivity contribution in [3.63, 3.8) is 0 Å². The van der Waals surface area contributed by atoms with Gasteiger partial charge in [0.2, 0.25) is 0 Å². The number of benzene rings is 2. The van der Waals surface area contributed by atoms with Crippen LogP contribution >= 0.6 is 0 Å². The SMILES string of the molecule is CC1=Cc2ccc(F)cc2C1.COCn1c(C)cc2ccc(F)cc21.O=C=O.O=C=O. The third kappa shape index (κ3) is 7.57. The van der Waals surface area contributed by atoms with E-state index in [4.69, 9.17) is 23.9 Å². The van der Waals surface area contributed by atoms with E-state index in [1.807, 2.05) is 23.6 Å². The Morgan fingerprint density at radius 2 is 1.52 bits per heavy atom. The van der Waals surface area contributed by atoms with E-state index in [2.05, 4.69) is 13.0 Å². The van der Waals surface area contributed by atoms with Crippen LogP contribution in [0.5, 0.6) is 0 Å². The molecule has 0 bridgehead atoms. The summed E-state index contributed by atoms with van der Waals surface area (Å²) in [6.45, 7) is 4.51. The Hall–Kier alpha value is -3.70. The van der Waals surface area contributed by atoms with E-state index in [0.29, 0.717) is 6.73 Å². The van der Waals surface area contributed by atoms with Crippen LogP contribution < -0.4 is 0 Å². The van der Waals surface area contributed by atoms with Crippen molar-refractivity contribution in [3.8, 4) is 0 Å². The molecule has 0 saturated heterocycles. The Morgan fingerprint density at radius 3 is 2.13 bits per heavy atom. The van der Waals surface area contributed by atoms with Crippen LogP contribution in [0.15, 0.2) is 48.0 Å². The van der Waals surface area contributed by atoms with Gasteiger partial charge < -0.3 is 9.30 Å². The minimum atomic E-state index is -0.215. The lowest BCUT2D eigenvalue weighted by atomic mass is 10.1. The molecule has 2 aromatic carbocycles. The number of ether oxygens (including phenoxy) is 1. The number of nitrogens with zero attached hydrogens (tertiary/aromatic N) is 1. The average Bonchev–Trinajstić information content (AvgIpc) is 3.22. The molecule has 1 aliphatic rings. The predicted molar refractivity (Wildman–Crippen MR) is 107 cm³/mol. The maximum Gasteiger partial charge on any atom is 0.373 e. The lowest BCUT2D eigenvalue weighted by molar-refractivity contribution is -0.193. The fraction of sp³-hybridized carbons (Fsp3) is 0.217. The summed E-state index contributed by atoms with van der Waals surface area (Å²) in [6.07, 6.45) is 3.52. The minimum absolute atomic E-state index is 0.133. The quantitative estimate of drug-likeness (QED) is 0.606. The van der Waals surface area contributed by atoms with Gasteiger partial charge in [0.15, 0.2) is 0 Å². The third-order valence-electron chi connectivity index (χ3n) is 4.31. The second-order valence-corrected chi connectivity index (χ2v) is 6.51. The minimum Gasteiger partial charge on any atom is -0.364 e. The molecule has 1 aromatic heterocycles. The summed E-state index contributed by atoms with van der Waals surface area (Å²) in [4.78, 5) is 32.5. The standard InChI is InChI=1S/C11H12FNO.C10H9F.2CO2/c1-8-5-9-3-4-10(12)6-11(9)13(8)7-14-2;1-7-4-8-2-3-10(11)6-9(8)5-7;2*2-1-3/h3-6H,7H2,1-2H3;2-4,6H,5H2,1H3;;. The topological polar surface area (TPSA) is 82.4 Å². The number of methoxy groups -OCH3 is 1. The largest absolute Gasteiger partial charge is 0.373 e. The number of carbonyl (C=O) groups excluding carboxylic acids is 4. The number of hydrogen-bond acceptors (Lipinski definition) is 5. The smallest absolute Gasteiger partial charge is 0.364 e. The normalized spacial score (nSPS) is 10.7. The van der Waals surface area contributed by atoms with Gasteiger partial charge in [-0.25, -0.2) is 8.78 Å². The molecule has 1 aliphatic carbocycles. The van der Waals surface area contributed by atoms with E-state index in [-0.39, 0.29) is 23.9 Å². The maximum absolute atomic E-state index is 13.0. The highest BCUT2D eigenvalue weighted by Gasteiger charge is 2.09. The Kier molecular flexibility index (Phi) is 10.4. The summed E-state index contributed by atoms with van der Waals surface area (Å²) in [5.74, 6) is -0.347. The summed E-state index contributed by atoms with van der Waals surface area (Å²) >= 11 is 0. The van der Waals surface area contributed by atoms with Gasteiger partial charge in [-0.05, 0) is 67.8 Å². The van der Waals surface area contributed by atoms with Crippen molar-refractivity contribution in [1.29, 1.82) is 0 Å². The van der Waals surface area contributed by atoms with E-state index >= 15 is 0 Å². The van der Waals surface area contributed by atoms with Gasteiger partial charge in [0, 0.05) is 18.2 Å². The van der Waals surface area contributed by atoms with Gasteiger partial charge in [-0.15, -0.1) is 0 Å². The van der Waals surface area contributed by atoms with Crippen molar-refractivity contribution in [2.24, 2.45) is 0 Å². The van der Waals surface area contributed by atoms with Gasteiger partial charge in [-0.3, -0.25) is 0 Å². The van der Waals surface area contributed by atoms with Gasteiger partial charge in [0.05, 0.1) is 5.52 Å². The van der Waals surface area contributed by atoms with E-state index in [0.717, 1.165) is 28.6 Å². The van der Waals surface area contributed by atoms with Gasteiger partial charge in [0.1, 0.15) is 18.4 Å². The maximum atomic E-state index is 13.0. The molecule has 0 atom stereocenters. The van der Waals surface area contributed by atoms with Crippen LogP contribution in [0, 0.1) is 18.6 Å². The number of fused-ring (bicyclic) bond motifs is 2. The number of hydrogen-bond donors (Lipinski definition) is 0. The summed E-state index contributed by atoms with van der Waals surface area (Å²) < 4.78 is 32.7. The molecule has 4 rings (SSSR count). The molecule has 1 heterocycles. The van der Waals surface area contributed by atoms with Crippen molar-refractivity contribution in [2.45, 2.75) is 27.0 Å². The molecule has 3 aromatic rings. The molecule has 0 fully saturated rings. The number of aromatic nitrogens is 1. The monoisotopic (exact) mass is 429 g/mol. The van der Waals surface area contributed by atoms with Crippen molar-refractivity contribution in [2.75, 3.05) is 7.11 Å². The lowest BCUT2D eigenvalue weighted by Crippen LogP contribution is -2.01. The van der Waals surface area contributed by atoms with Crippen molar-refractivity contribution in [3.05, 3.63) is 76.5 Å². The molecule has 162 valence electrons. The second kappa shape index (κ2) is 12.8. The number of aryl methyl sites for hydroxylation is 1. The second-order valence-electron chi connectivity index (χ2n) is 6.51. The molecule has 0 saturated carbocycles. The molecule has 0 amide bonds. The molecule has 0 aliphatic heterocycles. The Morgan fingerprint density at radius 1 is 0.935 bits per heavy atom. The van der Waals surface area contributed by atoms with Gasteiger partial charge in [-0.1, -0.05) is 17.7 Å². The van der Waals surface area contributed by atoms with Crippen LogP contribution in [-0.4, -0.2) is 24.0 Å². The Bertz CT molecular complexity index is 1110. The van der Waals surface area contributed by atoms with Crippen LogP contribution in [0.1, 0.15) is 23.7 Å². The first kappa shape index (κ1) is 25.3. The summed E-state index contributed by atoms with van der Waals surface area (Å²) in [5, 5.41) is 1.04. The summed E-state index contributed by atoms with van der Waals surface area (Å²) in [7, 11) is 1.63. The Labute approximate surface area is 177 Å². The molecular weight excluding hydrogens is 408 g/mol. The highest BCUT2D eigenvalue weighted by Crippen LogP contribution is 2.24.